The first kappa shape index (κ1) is 9.59. The van der Waals surface area contributed by atoms with E-state index in [-0.39, 0.29) is 0 Å². The lowest BCUT2D eigenvalue weighted by molar-refractivity contribution is 1.43. The molecule has 0 atom stereocenters. The number of anilines is 1. The summed E-state index contributed by atoms with van der Waals surface area (Å²) < 4.78 is 0. The van der Waals surface area contributed by atoms with Crippen LogP contribution in [0.15, 0.2) is 48.7 Å². The third-order valence-corrected chi connectivity index (χ3v) is 1.72. The van der Waals surface area contributed by atoms with Crippen molar-refractivity contribution in [3.05, 3.63) is 54.3 Å². The molecule has 0 fully saturated rings. The summed E-state index contributed by atoms with van der Waals surface area (Å²) in [6, 6.07) is 8.24. The highest BCUT2D eigenvalue weighted by molar-refractivity contribution is 5.50. The monoisotopic (exact) mass is 173 g/mol. The normalized spacial score (nSPS) is 10.3. The molecule has 1 N–H and O–H groups in total. The average Bonchev–Trinajstić information content (AvgIpc) is 2.09. The molecule has 13 heavy (non-hydrogen) atoms. The Balaban J connectivity index is 2.64. The summed E-state index contributed by atoms with van der Waals surface area (Å²) in [5, 5.41) is 3.19. The van der Waals surface area contributed by atoms with E-state index < -0.39 is 0 Å². The molecule has 0 saturated heterocycles. The van der Waals surface area contributed by atoms with Crippen LogP contribution in [0.3, 0.4) is 0 Å². The molecule has 1 nitrogen and oxygen atoms in total. The minimum atomic E-state index is 0.909. The Kier molecular flexibility index (Phi) is 3.32. The van der Waals surface area contributed by atoms with Gasteiger partial charge in [0.05, 0.1) is 0 Å². The first-order valence-corrected chi connectivity index (χ1v) is 4.37. The highest BCUT2D eigenvalue weighted by atomic mass is 14.9. The lowest BCUT2D eigenvalue weighted by Crippen LogP contribution is -1.94. The van der Waals surface area contributed by atoms with Gasteiger partial charge >= 0.3 is 0 Å². The van der Waals surface area contributed by atoms with Gasteiger partial charge in [-0.3, -0.25) is 0 Å². The summed E-state index contributed by atoms with van der Waals surface area (Å²) in [6.45, 7) is 7.91. The van der Waals surface area contributed by atoms with Crippen LogP contribution < -0.4 is 5.32 Å². The predicted molar refractivity (Wildman–Crippen MR) is 58.8 cm³/mol. The highest BCUT2D eigenvalue weighted by Crippen LogP contribution is 2.10. The molecule has 0 aromatic heterocycles. The van der Waals surface area contributed by atoms with Crippen molar-refractivity contribution in [2.45, 2.75) is 13.8 Å². The maximum absolute atomic E-state index is 3.86. The van der Waals surface area contributed by atoms with Crippen LogP contribution in [0.25, 0.3) is 0 Å². The van der Waals surface area contributed by atoms with Gasteiger partial charge in [0.2, 0.25) is 0 Å². The summed E-state index contributed by atoms with van der Waals surface area (Å²) >= 11 is 0. The Morgan fingerprint density at radius 1 is 1.31 bits per heavy atom. The maximum Gasteiger partial charge on any atom is 0.0384 e. The molecule has 0 saturated carbocycles. The summed E-state index contributed by atoms with van der Waals surface area (Å²) in [4.78, 5) is 0. The molecule has 0 aliphatic heterocycles. The van der Waals surface area contributed by atoms with Crippen LogP contribution in [-0.4, -0.2) is 0 Å². The third kappa shape index (κ3) is 3.16. The van der Waals surface area contributed by atoms with E-state index in [0.717, 1.165) is 11.4 Å². The Morgan fingerprint density at radius 3 is 2.46 bits per heavy atom. The topological polar surface area (TPSA) is 12.0 Å². The average molecular weight is 173 g/mol. The lowest BCUT2D eigenvalue weighted by Gasteiger charge is -2.05. The van der Waals surface area contributed by atoms with Crippen molar-refractivity contribution in [1.82, 2.24) is 0 Å². The number of allylic oxidation sites excluding steroid dienone is 2. The van der Waals surface area contributed by atoms with Crippen LogP contribution in [0.2, 0.25) is 0 Å². The van der Waals surface area contributed by atoms with Crippen molar-refractivity contribution in [2.75, 3.05) is 5.32 Å². The fourth-order valence-electron chi connectivity index (χ4n) is 1.07. The molecular weight excluding hydrogens is 158 g/mol. The number of benzene rings is 1. The zero-order valence-corrected chi connectivity index (χ0v) is 8.17. The smallest absolute Gasteiger partial charge is 0.0384 e. The lowest BCUT2D eigenvalue weighted by atomic mass is 10.2. The van der Waals surface area contributed by atoms with Crippen LogP contribution in [0.4, 0.5) is 5.69 Å². The van der Waals surface area contributed by atoms with Gasteiger partial charge in [0.15, 0.2) is 0 Å². The highest BCUT2D eigenvalue weighted by Gasteiger charge is 1.90. The molecule has 0 heterocycles. The fraction of sp³-hybridized carbons (Fsp3) is 0.167. The molecule has 68 valence electrons. The van der Waals surface area contributed by atoms with Crippen LogP contribution in [-0.2, 0) is 0 Å². The van der Waals surface area contributed by atoms with Crippen LogP contribution >= 0.6 is 0 Å². The summed E-state index contributed by atoms with van der Waals surface area (Å²) in [6.07, 6.45) is 3.91. The molecule has 0 aliphatic rings. The van der Waals surface area contributed by atoms with Gasteiger partial charge in [-0.05, 0) is 32.1 Å². The van der Waals surface area contributed by atoms with Crippen molar-refractivity contribution in [3.8, 4) is 0 Å². The first-order valence-electron chi connectivity index (χ1n) is 4.37. The van der Waals surface area contributed by atoms with Crippen molar-refractivity contribution in [3.63, 3.8) is 0 Å². The quantitative estimate of drug-likeness (QED) is 0.690. The summed E-state index contributed by atoms with van der Waals surface area (Å²) in [5.74, 6) is 0. The minimum absolute atomic E-state index is 0.909. The van der Waals surface area contributed by atoms with Crippen LogP contribution in [0, 0.1) is 6.92 Å². The molecule has 0 spiro atoms. The van der Waals surface area contributed by atoms with E-state index in [1.165, 1.54) is 5.56 Å². The molecule has 0 unspecified atom stereocenters. The van der Waals surface area contributed by atoms with E-state index in [0.29, 0.717) is 0 Å². The van der Waals surface area contributed by atoms with Crippen molar-refractivity contribution in [2.24, 2.45) is 0 Å². The third-order valence-electron chi connectivity index (χ3n) is 1.72. The number of hydrogen-bond donors (Lipinski definition) is 1. The number of nitrogens with one attached hydrogen (secondary N) is 1. The van der Waals surface area contributed by atoms with E-state index >= 15 is 0 Å². The molecule has 0 bridgehead atoms. The first-order chi connectivity index (χ1) is 6.22. The van der Waals surface area contributed by atoms with Gasteiger partial charge in [0.25, 0.3) is 0 Å². The molecular formula is C12H15N. The van der Waals surface area contributed by atoms with E-state index in [9.17, 15) is 0 Å². The summed E-state index contributed by atoms with van der Waals surface area (Å²) in [7, 11) is 0. The van der Waals surface area contributed by atoms with Gasteiger partial charge in [0.1, 0.15) is 0 Å². The number of hydrogen-bond acceptors (Lipinski definition) is 1. The fourth-order valence-corrected chi connectivity index (χ4v) is 1.07. The van der Waals surface area contributed by atoms with Gasteiger partial charge in [-0.25, -0.2) is 0 Å². The van der Waals surface area contributed by atoms with Crippen molar-refractivity contribution in [1.29, 1.82) is 0 Å². The molecule has 1 heteroatoms. The molecule has 1 aromatic carbocycles. The molecule has 0 aliphatic carbocycles. The Labute approximate surface area is 79.8 Å². The zero-order valence-electron chi connectivity index (χ0n) is 8.17. The van der Waals surface area contributed by atoms with Gasteiger partial charge < -0.3 is 5.32 Å². The minimum Gasteiger partial charge on any atom is -0.356 e. The van der Waals surface area contributed by atoms with E-state index in [1.54, 1.807) is 0 Å². The second kappa shape index (κ2) is 4.51. The predicted octanol–water partition coefficient (Wildman–Crippen LogP) is 3.50. The second-order valence-corrected chi connectivity index (χ2v) is 3.02. The standard InChI is InChI=1S/C12H15N/c1-4-5-11(3)13-12-8-6-10(2)7-9-12/h4-9,13H,3H2,1-2H3/b5-4-. The zero-order chi connectivity index (χ0) is 9.68. The van der Waals surface area contributed by atoms with Gasteiger partial charge in [-0.1, -0.05) is 30.4 Å². The number of aryl methyl sites for hydroxylation is 1. The Hall–Kier alpha value is -1.50. The largest absolute Gasteiger partial charge is 0.356 e. The van der Waals surface area contributed by atoms with Gasteiger partial charge in [-0.15, -0.1) is 0 Å². The van der Waals surface area contributed by atoms with Gasteiger partial charge in [-0.2, -0.15) is 0 Å². The van der Waals surface area contributed by atoms with E-state index in [4.69, 9.17) is 0 Å². The van der Waals surface area contributed by atoms with Crippen LogP contribution in [0.1, 0.15) is 12.5 Å². The molecule has 0 amide bonds. The number of rotatable bonds is 3. The molecule has 1 aromatic rings. The van der Waals surface area contributed by atoms with Crippen LogP contribution in [0.5, 0.6) is 0 Å². The summed E-state index contributed by atoms with van der Waals surface area (Å²) in [5.41, 5.74) is 3.25. The molecule has 0 radical (unpaired) electrons. The van der Waals surface area contributed by atoms with E-state index in [2.05, 4.69) is 31.0 Å². The van der Waals surface area contributed by atoms with Gasteiger partial charge in [0, 0.05) is 11.4 Å². The second-order valence-electron chi connectivity index (χ2n) is 3.02. The van der Waals surface area contributed by atoms with Crippen molar-refractivity contribution >= 4 is 5.69 Å². The van der Waals surface area contributed by atoms with Crippen molar-refractivity contribution < 1.29 is 0 Å². The SMILES string of the molecule is C=C(/C=C\C)Nc1ccc(C)cc1. The maximum atomic E-state index is 3.86. The molecule has 1 rings (SSSR count). The Morgan fingerprint density at radius 2 is 1.92 bits per heavy atom. The van der Waals surface area contributed by atoms with E-state index in [1.807, 2.05) is 31.2 Å². The Bertz CT molecular complexity index is 306.